The van der Waals surface area contributed by atoms with E-state index in [1.54, 1.807) is 12.4 Å². The van der Waals surface area contributed by atoms with Crippen LogP contribution in [0.25, 0.3) is 0 Å². The molecule has 5 heteroatoms. The molecule has 1 N–H and O–H groups in total. The number of hydrogen-bond donors (Lipinski definition) is 1. The molecule has 0 bridgehead atoms. The lowest BCUT2D eigenvalue weighted by Crippen LogP contribution is -2.17. The number of carbonyl (C=O) groups excluding carboxylic acids is 1. The van der Waals surface area contributed by atoms with Crippen LogP contribution in [0.4, 0.5) is 0 Å². The highest BCUT2D eigenvalue weighted by molar-refractivity contribution is 7.11. The summed E-state index contributed by atoms with van der Waals surface area (Å²) >= 11 is 1.30. The predicted octanol–water partition coefficient (Wildman–Crippen LogP) is 0.511. The van der Waals surface area contributed by atoms with Crippen LogP contribution in [0.1, 0.15) is 10.5 Å². The van der Waals surface area contributed by atoms with Gasteiger partial charge in [0.1, 0.15) is 5.69 Å². The van der Waals surface area contributed by atoms with Crippen molar-refractivity contribution in [2.24, 2.45) is 0 Å². The molecule has 1 aromatic heterocycles. The van der Waals surface area contributed by atoms with Crippen molar-refractivity contribution >= 4 is 17.2 Å². The summed E-state index contributed by atoms with van der Waals surface area (Å²) in [7, 11) is 3.08. The van der Waals surface area contributed by atoms with E-state index >= 15 is 0 Å². The molecule has 60 valence electrons. The van der Waals surface area contributed by atoms with Gasteiger partial charge in [0, 0.05) is 12.4 Å². The zero-order valence-corrected chi connectivity index (χ0v) is 7.07. The molecule has 4 nitrogen and oxygen atoms in total. The van der Waals surface area contributed by atoms with Crippen molar-refractivity contribution in [3.63, 3.8) is 0 Å². The first-order valence-electron chi connectivity index (χ1n) is 2.99. The molecule has 1 heterocycles. The number of carbonyl (C=O) groups is 1. The molecule has 1 rings (SSSR count). The third-order valence-electron chi connectivity index (χ3n) is 1.12. The Bertz CT molecular complexity index is 259. The highest BCUT2D eigenvalue weighted by Gasteiger charge is 2.07. The molecule has 1 amide bonds. The number of nitrogens with one attached hydrogen (secondary N) is 1. The van der Waals surface area contributed by atoms with Gasteiger partial charge in [0.05, 0.1) is 7.11 Å². The molecule has 0 saturated carbocycles. The number of hydrogen-bond acceptors (Lipinski definition) is 4. The number of rotatable bonds is 2. The van der Waals surface area contributed by atoms with Crippen molar-refractivity contribution in [2.45, 2.75) is 0 Å². The molecule has 0 spiro atoms. The molecule has 0 radical (unpaired) electrons. The van der Waals surface area contributed by atoms with Crippen LogP contribution < -0.4 is 10.1 Å². The summed E-state index contributed by atoms with van der Waals surface area (Å²) in [5.41, 5.74) is 0.398. The van der Waals surface area contributed by atoms with Crippen molar-refractivity contribution in [2.75, 3.05) is 14.2 Å². The first kappa shape index (κ1) is 8.00. The summed E-state index contributed by atoms with van der Waals surface area (Å²) in [6.45, 7) is 0. The molecular weight excluding hydrogens is 164 g/mol. The summed E-state index contributed by atoms with van der Waals surface area (Å²) in [6, 6.07) is 0. The van der Waals surface area contributed by atoms with Gasteiger partial charge in [0.2, 0.25) is 0 Å². The summed E-state index contributed by atoms with van der Waals surface area (Å²) in [5.74, 6) is -0.190. The monoisotopic (exact) mass is 172 g/mol. The summed E-state index contributed by atoms with van der Waals surface area (Å²) in [6.07, 6.45) is 0. The maximum atomic E-state index is 10.9. The van der Waals surface area contributed by atoms with E-state index in [1.165, 1.54) is 18.4 Å². The van der Waals surface area contributed by atoms with Crippen molar-refractivity contribution < 1.29 is 9.53 Å². The van der Waals surface area contributed by atoms with Crippen molar-refractivity contribution in [3.8, 4) is 5.19 Å². The summed E-state index contributed by atoms with van der Waals surface area (Å²) < 4.78 is 4.82. The topological polar surface area (TPSA) is 51.2 Å². The average molecular weight is 172 g/mol. The second-order valence-corrected chi connectivity index (χ2v) is 2.60. The van der Waals surface area contributed by atoms with Crippen LogP contribution in [-0.4, -0.2) is 25.0 Å². The van der Waals surface area contributed by atoms with Crippen LogP contribution in [-0.2, 0) is 0 Å². The van der Waals surface area contributed by atoms with E-state index in [9.17, 15) is 4.79 Å². The molecule has 11 heavy (non-hydrogen) atoms. The number of amides is 1. The Labute approximate surface area is 68.2 Å². The highest BCUT2D eigenvalue weighted by atomic mass is 32.1. The van der Waals surface area contributed by atoms with Gasteiger partial charge < -0.3 is 10.1 Å². The lowest BCUT2D eigenvalue weighted by Gasteiger charge is -1.91. The lowest BCUT2D eigenvalue weighted by molar-refractivity contribution is 0.0958. The molecular formula is C6H8N2O2S. The maximum absolute atomic E-state index is 10.9. The maximum Gasteiger partial charge on any atom is 0.273 e. The number of thiazole rings is 1. The summed E-state index contributed by atoms with van der Waals surface area (Å²) in [5, 5.41) is 4.62. The minimum Gasteiger partial charge on any atom is -0.473 e. The van der Waals surface area contributed by atoms with Gasteiger partial charge in [-0.25, -0.2) is 0 Å². The molecule has 1 aromatic rings. The third-order valence-corrected chi connectivity index (χ3v) is 1.92. The normalized spacial score (nSPS) is 9.27. The number of nitrogens with zero attached hydrogens (tertiary/aromatic N) is 1. The Morgan fingerprint density at radius 2 is 2.55 bits per heavy atom. The molecule has 0 aliphatic heterocycles. The quantitative estimate of drug-likeness (QED) is 0.707. The second-order valence-electron chi connectivity index (χ2n) is 1.78. The highest BCUT2D eigenvalue weighted by Crippen LogP contribution is 2.16. The molecule has 0 saturated heterocycles. The standard InChI is InChI=1S/C6H8N2O2S/c1-7-5(9)4-3-11-6(8-4)10-2/h3H,1-2H3,(H,7,9). The van der Waals surface area contributed by atoms with E-state index in [4.69, 9.17) is 4.74 Å². The van der Waals surface area contributed by atoms with Gasteiger partial charge in [-0.1, -0.05) is 11.3 Å². The smallest absolute Gasteiger partial charge is 0.273 e. The predicted molar refractivity (Wildman–Crippen MR) is 42.1 cm³/mol. The number of methoxy groups -OCH3 is 1. The molecule has 0 unspecified atom stereocenters. The number of aromatic nitrogens is 1. The van der Waals surface area contributed by atoms with Gasteiger partial charge in [-0.15, -0.1) is 0 Å². The SMILES string of the molecule is CNC(=O)c1csc(OC)n1. The van der Waals surface area contributed by atoms with E-state index in [0.717, 1.165) is 0 Å². The van der Waals surface area contributed by atoms with Crippen LogP contribution in [0.3, 0.4) is 0 Å². The fourth-order valence-electron chi connectivity index (χ4n) is 0.583. The Balaban J connectivity index is 2.80. The fraction of sp³-hybridized carbons (Fsp3) is 0.333. The Morgan fingerprint density at radius 1 is 1.82 bits per heavy atom. The molecule has 0 aliphatic rings. The third kappa shape index (κ3) is 1.68. The van der Waals surface area contributed by atoms with Gasteiger partial charge in [-0.2, -0.15) is 4.98 Å². The van der Waals surface area contributed by atoms with Crippen LogP contribution in [0, 0.1) is 0 Å². The van der Waals surface area contributed by atoms with E-state index in [0.29, 0.717) is 10.9 Å². The largest absolute Gasteiger partial charge is 0.473 e. The summed E-state index contributed by atoms with van der Waals surface area (Å²) in [4.78, 5) is 14.8. The van der Waals surface area contributed by atoms with Crippen molar-refractivity contribution in [3.05, 3.63) is 11.1 Å². The van der Waals surface area contributed by atoms with Gasteiger partial charge in [-0.3, -0.25) is 4.79 Å². The zero-order chi connectivity index (χ0) is 8.27. The minimum atomic E-state index is -0.190. The minimum absolute atomic E-state index is 0.190. The van der Waals surface area contributed by atoms with Crippen molar-refractivity contribution in [1.29, 1.82) is 0 Å². The van der Waals surface area contributed by atoms with Gasteiger partial charge in [-0.05, 0) is 0 Å². The van der Waals surface area contributed by atoms with Crippen LogP contribution >= 0.6 is 11.3 Å². The Kier molecular flexibility index (Phi) is 2.43. The van der Waals surface area contributed by atoms with Crippen molar-refractivity contribution in [1.82, 2.24) is 10.3 Å². The van der Waals surface area contributed by atoms with Gasteiger partial charge >= 0.3 is 0 Å². The van der Waals surface area contributed by atoms with Gasteiger partial charge in [0.25, 0.3) is 11.1 Å². The van der Waals surface area contributed by atoms with E-state index < -0.39 is 0 Å². The Morgan fingerprint density at radius 3 is 3.00 bits per heavy atom. The fourth-order valence-corrected chi connectivity index (χ4v) is 1.20. The van der Waals surface area contributed by atoms with Gasteiger partial charge in [0.15, 0.2) is 0 Å². The molecule has 0 fully saturated rings. The van der Waals surface area contributed by atoms with E-state index in [-0.39, 0.29) is 5.91 Å². The average Bonchev–Trinajstić information content (AvgIpc) is 2.50. The van der Waals surface area contributed by atoms with Crippen LogP contribution in [0.5, 0.6) is 5.19 Å². The lowest BCUT2D eigenvalue weighted by atomic mass is 10.5. The first-order valence-corrected chi connectivity index (χ1v) is 3.87. The molecule has 0 aliphatic carbocycles. The zero-order valence-electron chi connectivity index (χ0n) is 6.25. The van der Waals surface area contributed by atoms with E-state index in [2.05, 4.69) is 10.3 Å². The van der Waals surface area contributed by atoms with Crippen LogP contribution in [0.2, 0.25) is 0 Å². The molecule has 0 aromatic carbocycles. The number of ether oxygens (including phenoxy) is 1. The van der Waals surface area contributed by atoms with Crippen LogP contribution in [0.15, 0.2) is 5.38 Å². The second kappa shape index (κ2) is 3.34. The van der Waals surface area contributed by atoms with E-state index in [1.807, 2.05) is 0 Å². The Hall–Kier alpha value is -1.10. The molecule has 0 atom stereocenters. The first-order chi connectivity index (χ1) is 5.27.